The molecule has 1 N–H and O–H groups in total. The molecule has 0 atom stereocenters. The lowest BCUT2D eigenvalue weighted by molar-refractivity contribution is -0.112. The average Bonchev–Trinajstić information content (AvgIpc) is 2.69. The Hall–Kier alpha value is -3.26. The van der Waals surface area contributed by atoms with Crippen molar-refractivity contribution in [2.75, 3.05) is 18.5 Å². The van der Waals surface area contributed by atoms with Gasteiger partial charge in [0.05, 0.1) is 13.2 Å². The highest BCUT2D eigenvalue weighted by atomic mass is 16.5. The first-order chi connectivity index (χ1) is 13.6. The van der Waals surface area contributed by atoms with Gasteiger partial charge in [-0.1, -0.05) is 37.1 Å². The fourth-order valence-electron chi connectivity index (χ4n) is 2.48. The van der Waals surface area contributed by atoms with E-state index in [9.17, 15) is 10.1 Å². The first-order valence-corrected chi connectivity index (χ1v) is 9.46. The van der Waals surface area contributed by atoms with Gasteiger partial charge in [-0.2, -0.15) is 5.26 Å². The first kappa shape index (κ1) is 21.0. The van der Waals surface area contributed by atoms with E-state index in [1.807, 2.05) is 32.0 Å². The lowest BCUT2D eigenvalue weighted by Crippen LogP contribution is -2.13. The van der Waals surface area contributed by atoms with E-state index < -0.39 is 5.91 Å². The van der Waals surface area contributed by atoms with E-state index in [4.69, 9.17) is 9.47 Å². The lowest BCUT2D eigenvalue weighted by Gasteiger charge is -2.12. The molecule has 28 heavy (non-hydrogen) atoms. The number of rotatable bonds is 9. The Morgan fingerprint density at radius 1 is 1.11 bits per heavy atom. The number of carbonyl (C=O) groups is 1. The third-order valence-corrected chi connectivity index (χ3v) is 4.01. The Bertz CT molecular complexity index is 864. The second-order valence-corrected chi connectivity index (χ2v) is 6.33. The van der Waals surface area contributed by atoms with Crippen molar-refractivity contribution >= 4 is 17.7 Å². The Labute approximate surface area is 166 Å². The van der Waals surface area contributed by atoms with Crippen LogP contribution >= 0.6 is 0 Å². The third kappa shape index (κ3) is 6.17. The van der Waals surface area contributed by atoms with Crippen LogP contribution < -0.4 is 14.8 Å². The summed E-state index contributed by atoms with van der Waals surface area (Å²) in [4.78, 5) is 12.4. The first-order valence-electron chi connectivity index (χ1n) is 9.46. The van der Waals surface area contributed by atoms with E-state index >= 15 is 0 Å². The van der Waals surface area contributed by atoms with Gasteiger partial charge in [0.15, 0.2) is 11.5 Å². The maximum absolute atomic E-state index is 12.4. The predicted octanol–water partition coefficient (Wildman–Crippen LogP) is 5.12. The SMILES string of the molecule is CCCCOc1ccc(/C=C(/C#N)C(=O)Nc2ccc(C)cc2)cc1OCC. The van der Waals surface area contributed by atoms with Gasteiger partial charge >= 0.3 is 0 Å². The van der Waals surface area contributed by atoms with Crippen molar-refractivity contribution in [3.63, 3.8) is 0 Å². The summed E-state index contributed by atoms with van der Waals surface area (Å²) < 4.78 is 11.4. The van der Waals surface area contributed by atoms with E-state index in [0.29, 0.717) is 36.0 Å². The van der Waals surface area contributed by atoms with Crippen LogP contribution in [0.15, 0.2) is 48.0 Å². The summed E-state index contributed by atoms with van der Waals surface area (Å²) in [5.74, 6) is 0.811. The minimum atomic E-state index is -0.451. The zero-order valence-corrected chi connectivity index (χ0v) is 16.6. The quantitative estimate of drug-likeness (QED) is 0.373. The highest BCUT2D eigenvalue weighted by Gasteiger charge is 2.11. The van der Waals surface area contributed by atoms with Gasteiger partial charge in [-0.3, -0.25) is 4.79 Å². The van der Waals surface area contributed by atoms with Crippen LogP contribution in [0.1, 0.15) is 37.8 Å². The molecule has 0 radical (unpaired) electrons. The molecule has 0 spiro atoms. The molecule has 146 valence electrons. The van der Waals surface area contributed by atoms with Crippen molar-refractivity contribution < 1.29 is 14.3 Å². The standard InChI is InChI=1S/C23H26N2O3/c1-4-6-13-28-21-12-9-18(15-22(21)27-5-2)14-19(16-24)23(26)25-20-10-7-17(3)8-11-20/h7-12,14-15H,4-6,13H2,1-3H3,(H,25,26)/b19-14-. The summed E-state index contributed by atoms with van der Waals surface area (Å²) in [5.41, 5.74) is 2.45. The monoisotopic (exact) mass is 378 g/mol. The molecule has 0 fully saturated rings. The molecule has 2 aromatic rings. The number of nitriles is 1. The van der Waals surface area contributed by atoms with Crippen LogP contribution in [0.3, 0.4) is 0 Å². The normalized spacial score (nSPS) is 10.9. The topological polar surface area (TPSA) is 71.3 Å². The molecule has 0 saturated carbocycles. The largest absolute Gasteiger partial charge is 0.490 e. The zero-order chi connectivity index (χ0) is 20.4. The smallest absolute Gasteiger partial charge is 0.266 e. The molecule has 0 aromatic heterocycles. The van der Waals surface area contributed by atoms with E-state index in [-0.39, 0.29) is 5.57 Å². The van der Waals surface area contributed by atoms with Gasteiger partial charge in [0.1, 0.15) is 11.6 Å². The number of carbonyl (C=O) groups excluding carboxylic acids is 1. The maximum atomic E-state index is 12.4. The van der Waals surface area contributed by atoms with Gasteiger partial charge in [-0.05, 0) is 56.2 Å². The van der Waals surface area contributed by atoms with E-state index in [1.54, 1.807) is 36.4 Å². The molecule has 1 amide bonds. The van der Waals surface area contributed by atoms with E-state index in [0.717, 1.165) is 18.4 Å². The van der Waals surface area contributed by atoms with Crippen molar-refractivity contribution in [3.05, 3.63) is 59.2 Å². The van der Waals surface area contributed by atoms with Gasteiger partial charge in [0.2, 0.25) is 0 Å². The number of ether oxygens (including phenoxy) is 2. The third-order valence-electron chi connectivity index (χ3n) is 4.01. The number of nitrogens with zero attached hydrogens (tertiary/aromatic N) is 1. The number of nitrogens with one attached hydrogen (secondary N) is 1. The number of amides is 1. The second kappa shape index (κ2) is 10.8. The summed E-state index contributed by atoms with van der Waals surface area (Å²) in [6.45, 7) is 7.09. The van der Waals surface area contributed by atoms with Crippen molar-refractivity contribution in [3.8, 4) is 17.6 Å². The fraction of sp³-hybridized carbons (Fsp3) is 0.304. The Morgan fingerprint density at radius 2 is 1.86 bits per heavy atom. The Morgan fingerprint density at radius 3 is 2.50 bits per heavy atom. The number of benzene rings is 2. The lowest BCUT2D eigenvalue weighted by atomic mass is 10.1. The van der Waals surface area contributed by atoms with Crippen LogP contribution in [0.5, 0.6) is 11.5 Å². The molecule has 0 aliphatic heterocycles. The van der Waals surface area contributed by atoms with Crippen LogP contribution in [0, 0.1) is 18.3 Å². The molecule has 5 heteroatoms. The molecule has 0 bridgehead atoms. The van der Waals surface area contributed by atoms with Crippen LogP contribution in [0.25, 0.3) is 6.08 Å². The van der Waals surface area contributed by atoms with Crippen molar-refractivity contribution in [2.45, 2.75) is 33.6 Å². The number of anilines is 1. The second-order valence-electron chi connectivity index (χ2n) is 6.33. The molecule has 0 aliphatic carbocycles. The molecular formula is C23H26N2O3. The minimum Gasteiger partial charge on any atom is -0.490 e. The van der Waals surface area contributed by atoms with E-state index in [1.165, 1.54) is 0 Å². The van der Waals surface area contributed by atoms with Gasteiger partial charge in [-0.25, -0.2) is 0 Å². The molecule has 2 rings (SSSR count). The zero-order valence-electron chi connectivity index (χ0n) is 16.6. The van der Waals surface area contributed by atoms with E-state index in [2.05, 4.69) is 12.2 Å². The fourth-order valence-corrected chi connectivity index (χ4v) is 2.48. The summed E-state index contributed by atoms with van der Waals surface area (Å²) in [6.07, 6.45) is 3.55. The molecule has 0 heterocycles. The summed E-state index contributed by atoms with van der Waals surface area (Å²) in [5, 5.41) is 12.2. The summed E-state index contributed by atoms with van der Waals surface area (Å²) in [7, 11) is 0. The number of aryl methyl sites for hydroxylation is 1. The van der Waals surface area contributed by atoms with Crippen LogP contribution in [-0.4, -0.2) is 19.1 Å². The Balaban J connectivity index is 2.19. The molecule has 0 aliphatic rings. The highest BCUT2D eigenvalue weighted by molar-refractivity contribution is 6.09. The number of unbranched alkanes of at least 4 members (excludes halogenated alkanes) is 1. The molecule has 2 aromatic carbocycles. The van der Waals surface area contributed by atoms with Crippen molar-refractivity contribution in [2.24, 2.45) is 0 Å². The molecule has 5 nitrogen and oxygen atoms in total. The van der Waals surface area contributed by atoms with Crippen LogP contribution in [-0.2, 0) is 4.79 Å². The number of hydrogen-bond acceptors (Lipinski definition) is 4. The number of hydrogen-bond donors (Lipinski definition) is 1. The van der Waals surface area contributed by atoms with Crippen LogP contribution in [0.4, 0.5) is 5.69 Å². The predicted molar refractivity (Wildman–Crippen MR) is 111 cm³/mol. The summed E-state index contributed by atoms with van der Waals surface area (Å²) >= 11 is 0. The highest BCUT2D eigenvalue weighted by Crippen LogP contribution is 2.29. The van der Waals surface area contributed by atoms with Crippen molar-refractivity contribution in [1.29, 1.82) is 5.26 Å². The van der Waals surface area contributed by atoms with Crippen LogP contribution in [0.2, 0.25) is 0 Å². The van der Waals surface area contributed by atoms with Crippen molar-refractivity contribution in [1.82, 2.24) is 0 Å². The summed E-state index contributed by atoms with van der Waals surface area (Å²) in [6, 6.07) is 14.8. The Kier molecular flexibility index (Phi) is 8.11. The van der Waals surface area contributed by atoms with Gasteiger partial charge in [-0.15, -0.1) is 0 Å². The molecule has 0 unspecified atom stereocenters. The van der Waals surface area contributed by atoms with Gasteiger partial charge in [0.25, 0.3) is 5.91 Å². The average molecular weight is 378 g/mol. The van der Waals surface area contributed by atoms with Gasteiger partial charge in [0, 0.05) is 5.69 Å². The minimum absolute atomic E-state index is 0.0164. The molecular weight excluding hydrogens is 352 g/mol. The molecule has 0 saturated heterocycles. The maximum Gasteiger partial charge on any atom is 0.266 e. The van der Waals surface area contributed by atoms with Gasteiger partial charge < -0.3 is 14.8 Å².